The topological polar surface area (TPSA) is 55.6 Å². The Morgan fingerprint density at radius 2 is 2.26 bits per heavy atom. The van der Waals surface area contributed by atoms with Crippen molar-refractivity contribution in [2.75, 3.05) is 19.4 Å². The van der Waals surface area contributed by atoms with Crippen LogP contribution in [0.1, 0.15) is 5.56 Å². The van der Waals surface area contributed by atoms with E-state index in [0.717, 1.165) is 5.56 Å². The molecule has 0 radical (unpaired) electrons. The molecule has 0 spiro atoms. The Kier molecular flexibility index (Phi) is 4.41. The highest BCUT2D eigenvalue weighted by atomic mass is 32.1. The minimum Gasteiger partial charge on any atom is -0.484 e. The zero-order valence-electron chi connectivity index (χ0n) is 10.7. The molecule has 0 saturated heterocycles. The number of thiophene rings is 1. The number of nitrogen functional groups attached to an aromatic ring is 1. The fourth-order valence-corrected chi connectivity index (χ4v) is 2.26. The molecule has 0 saturated carbocycles. The number of carbonyl (C=O) groups excluding carboxylic acids is 1. The van der Waals surface area contributed by atoms with Gasteiger partial charge in [0.15, 0.2) is 6.61 Å². The standard InChI is InChI=1S/C14H16N2O2S/c1-16(8-11-5-6-19-10-11)14(17)9-18-13-4-2-3-12(15)7-13/h2-7,10H,8-9,15H2,1H3. The minimum absolute atomic E-state index is 0.0179. The summed E-state index contributed by atoms with van der Waals surface area (Å²) in [6.07, 6.45) is 0. The van der Waals surface area contributed by atoms with E-state index < -0.39 is 0 Å². The van der Waals surface area contributed by atoms with Crippen LogP contribution in [-0.4, -0.2) is 24.5 Å². The zero-order chi connectivity index (χ0) is 13.7. The third-order valence-corrected chi connectivity index (χ3v) is 3.38. The molecule has 1 aromatic carbocycles. The SMILES string of the molecule is CN(Cc1ccsc1)C(=O)COc1cccc(N)c1. The molecule has 0 atom stereocenters. The summed E-state index contributed by atoms with van der Waals surface area (Å²) in [7, 11) is 1.77. The molecule has 100 valence electrons. The average Bonchev–Trinajstić information content (AvgIpc) is 2.89. The molecule has 2 rings (SSSR count). The fourth-order valence-electron chi connectivity index (χ4n) is 1.60. The van der Waals surface area contributed by atoms with Gasteiger partial charge in [0.2, 0.25) is 0 Å². The quantitative estimate of drug-likeness (QED) is 0.853. The number of nitrogens with two attached hydrogens (primary N) is 1. The predicted octanol–water partition coefficient (Wildman–Crippen LogP) is 2.37. The lowest BCUT2D eigenvalue weighted by Gasteiger charge is -2.16. The van der Waals surface area contributed by atoms with Crippen molar-refractivity contribution in [3.05, 3.63) is 46.7 Å². The van der Waals surface area contributed by atoms with Crippen LogP contribution in [0.4, 0.5) is 5.69 Å². The second-order valence-corrected chi connectivity index (χ2v) is 5.02. The van der Waals surface area contributed by atoms with Crippen LogP contribution in [0.15, 0.2) is 41.1 Å². The van der Waals surface area contributed by atoms with E-state index >= 15 is 0 Å². The van der Waals surface area contributed by atoms with Gasteiger partial charge in [0, 0.05) is 25.3 Å². The molecule has 2 N–H and O–H groups in total. The van der Waals surface area contributed by atoms with E-state index in [9.17, 15) is 4.79 Å². The van der Waals surface area contributed by atoms with Gasteiger partial charge in [0.05, 0.1) is 0 Å². The molecule has 0 fully saturated rings. The van der Waals surface area contributed by atoms with E-state index in [0.29, 0.717) is 18.0 Å². The first-order chi connectivity index (χ1) is 9.15. The molecular weight excluding hydrogens is 260 g/mol. The number of hydrogen-bond donors (Lipinski definition) is 1. The first-order valence-electron chi connectivity index (χ1n) is 5.88. The molecule has 0 unspecified atom stereocenters. The second-order valence-electron chi connectivity index (χ2n) is 4.24. The third-order valence-electron chi connectivity index (χ3n) is 2.65. The van der Waals surface area contributed by atoms with Crippen LogP contribution in [0.3, 0.4) is 0 Å². The largest absolute Gasteiger partial charge is 0.484 e. The van der Waals surface area contributed by atoms with E-state index in [1.54, 1.807) is 47.5 Å². The highest BCUT2D eigenvalue weighted by Crippen LogP contribution is 2.14. The Morgan fingerprint density at radius 3 is 2.95 bits per heavy atom. The van der Waals surface area contributed by atoms with E-state index in [-0.39, 0.29) is 12.5 Å². The van der Waals surface area contributed by atoms with Crippen molar-refractivity contribution in [1.29, 1.82) is 0 Å². The highest BCUT2D eigenvalue weighted by Gasteiger charge is 2.10. The lowest BCUT2D eigenvalue weighted by molar-refractivity contribution is -0.132. The van der Waals surface area contributed by atoms with Crippen molar-refractivity contribution < 1.29 is 9.53 Å². The molecule has 0 aliphatic rings. The van der Waals surface area contributed by atoms with Gasteiger partial charge in [0.1, 0.15) is 5.75 Å². The van der Waals surface area contributed by atoms with Gasteiger partial charge in [-0.1, -0.05) is 6.07 Å². The maximum atomic E-state index is 11.9. The molecular formula is C14H16N2O2S. The van der Waals surface area contributed by atoms with Crippen molar-refractivity contribution >= 4 is 22.9 Å². The monoisotopic (exact) mass is 276 g/mol. The minimum atomic E-state index is -0.0615. The van der Waals surface area contributed by atoms with Crippen LogP contribution in [0.5, 0.6) is 5.75 Å². The van der Waals surface area contributed by atoms with Gasteiger partial charge in [-0.3, -0.25) is 4.79 Å². The summed E-state index contributed by atoms with van der Waals surface area (Å²) in [6.45, 7) is 0.618. The number of nitrogens with zero attached hydrogens (tertiary/aromatic N) is 1. The number of anilines is 1. The van der Waals surface area contributed by atoms with Gasteiger partial charge >= 0.3 is 0 Å². The smallest absolute Gasteiger partial charge is 0.260 e. The van der Waals surface area contributed by atoms with Gasteiger partial charge in [-0.15, -0.1) is 0 Å². The molecule has 1 heterocycles. The Morgan fingerprint density at radius 1 is 1.42 bits per heavy atom. The number of benzene rings is 1. The summed E-state index contributed by atoms with van der Waals surface area (Å²) in [4.78, 5) is 13.5. The van der Waals surface area contributed by atoms with Gasteiger partial charge in [0.25, 0.3) is 5.91 Å². The first-order valence-corrected chi connectivity index (χ1v) is 6.83. The van der Waals surface area contributed by atoms with Crippen molar-refractivity contribution in [1.82, 2.24) is 4.90 Å². The van der Waals surface area contributed by atoms with E-state index in [1.807, 2.05) is 16.8 Å². The molecule has 19 heavy (non-hydrogen) atoms. The molecule has 0 bridgehead atoms. The van der Waals surface area contributed by atoms with Crippen molar-refractivity contribution in [2.24, 2.45) is 0 Å². The lowest BCUT2D eigenvalue weighted by atomic mass is 10.3. The Balaban J connectivity index is 1.84. The Bertz CT molecular complexity index is 540. The highest BCUT2D eigenvalue weighted by molar-refractivity contribution is 7.07. The van der Waals surface area contributed by atoms with Gasteiger partial charge < -0.3 is 15.4 Å². The predicted molar refractivity (Wildman–Crippen MR) is 77.1 cm³/mol. The van der Waals surface area contributed by atoms with Gasteiger partial charge in [-0.2, -0.15) is 11.3 Å². The normalized spacial score (nSPS) is 10.2. The number of carbonyl (C=O) groups is 1. The number of ether oxygens (including phenoxy) is 1. The molecule has 1 aromatic heterocycles. The van der Waals surface area contributed by atoms with E-state index in [2.05, 4.69) is 0 Å². The van der Waals surface area contributed by atoms with E-state index in [1.165, 1.54) is 0 Å². The second kappa shape index (κ2) is 6.24. The summed E-state index contributed by atoms with van der Waals surface area (Å²) < 4.78 is 5.42. The maximum Gasteiger partial charge on any atom is 0.260 e. The summed E-state index contributed by atoms with van der Waals surface area (Å²) in [5.41, 5.74) is 7.39. The van der Waals surface area contributed by atoms with Crippen LogP contribution in [0.2, 0.25) is 0 Å². The van der Waals surface area contributed by atoms with Crippen LogP contribution in [-0.2, 0) is 11.3 Å². The van der Waals surface area contributed by atoms with Crippen LogP contribution in [0.25, 0.3) is 0 Å². The summed E-state index contributed by atoms with van der Waals surface area (Å²) in [5.74, 6) is 0.547. The van der Waals surface area contributed by atoms with Gasteiger partial charge in [-0.25, -0.2) is 0 Å². The number of rotatable bonds is 5. The molecule has 5 heteroatoms. The summed E-state index contributed by atoms with van der Waals surface area (Å²) >= 11 is 1.62. The maximum absolute atomic E-state index is 11.9. The van der Waals surface area contributed by atoms with Gasteiger partial charge in [-0.05, 0) is 34.5 Å². The number of likely N-dealkylation sites (N-methyl/N-ethyl adjacent to an activating group) is 1. The van der Waals surface area contributed by atoms with Crippen molar-refractivity contribution in [3.63, 3.8) is 0 Å². The Labute approximate surface area is 116 Å². The van der Waals surface area contributed by atoms with Crippen LogP contribution >= 0.6 is 11.3 Å². The molecule has 0 aliphatic carbocycles. The van der Waals surface area contributed by atoms with Crippen LogP contribution < -0.4 is 10.5 Å². The fraction of sp³-hybridized carbons (Fsp3) is 0.214. The van der Waals surface area contributed by atoms with Crippen molar-refractivity contribution in [2.45, 2.75) is 6.54 Å². The number of hydrogen-bond acceptors (Lipinski definition) is 4. The first kappa shape index (κ1) is 13.4. The lowest BCUT2D eigenvalue weighted by Crippen LogP contribution is -2.30. The molecule has 0 aliphatic heterocycles. The summed E-state index contributed by atoms with van der Waals surface area (Å²) in [6, 6.07) is 9.06. The third kappa shape index (κ3) is 3.99. The molecule has 1 amide bonds. The Hall–Kier alpha value is -2.01. The van der Waals surface area contributed by atoms with Crippen molar-refractivity contribution in [3.8, 4) is 5.75 Å². The summed E-state index contributed by atoms with van der Waals surface area (Å²) in [5, 5.41) is 4.03. The van der Waals surface area contributed by atoms with E-state index in [4.69, 9.17) is 10.5 Å². The molecule has 4 nitrogen and oxygen atoms in total. The average molecular weight is 276 g/mol. The molecule has 2 aromatic rings. The number of amides is 1. The zero-order valence-corrected chi connectivity index (χ0v) is 11.5. The van der Waals surface area contributed by atoms with Crippen LogP contribution in [0, 0.1) is 0 Å².